The Morgan fingerprint density at radius 3 is 1.46 bits per heavy atom. The van der Waals surface area contributed by atoms with Gasteiger partial charge in [-0.2, -0.15) is 0 Å². The third kappa shape index (κ3) is 8.90. The number of aliphatic carboxylic acids is 2. The summed E-state index contributed by atoms with van der Waals surface area (Å²) in [5.41, 5.74) is 1.45. The van der Waals surface area contributed by atoms with Gasteiger partial charge in [0, 0.05) is 0 Å². The quantitative estimate of drug-likeness (QED) is 0.376. The Morgan fingerprint density at radius 2 is 1.11 bits per heavy atom. The summed E-state index contributed by atoms with van der Waals surface area (Å²) in [6.07, 6.45) is 9.70. The molecule has 0 bridgehead atoms. The fourth-order valence-electron chi connectivity index (χ4n) is 3.30. The molecule has 0 aromatic heterocycles. The second kappa shape index (κ2) is 11.2. The molecule has 0 unspecified atom stereocenters. The minimum atomic E-state index is -0.716. The molecule has 28 heavy (non-hydrogen) atoms. The number of carbonyl (C=O) groups is 2. The van der Waals surface area contributed by atoms with Crippen molar-refractivity contribution in [2.45, 2.75) is 91.9 Å². The zero-order valence-corrected chi connectivity index (χ0v) is 18.1. The van der Waals surface area contributed by atoms with Crippen LogP contribution in [0.4, 0.5) is 0 Å². The highest BCUT2D eigenvalue weighted by atomic mass is 16.4. The summed E-state index contributed by atoms with van der Waals surface area (Å²) in [5.74, 6) is -1.43. The minimum absolute atomic E-state index is 0.625. The fourth-order valence-corrected chi connectivity index (χ4v) is 3.30. The van der Waals surface area contributed by atoms with Crippen LogP contribution in [0.1, 0.15) is 90.2 Å². The molecule has 4 nitrogen and oxygen atoms in total. The van der Waals surface area contributed by atoms with Crippen LogP contribution >= 0.6 is 0 Å². The number of hydrogen-bond donors (Lipinski definition) is 2. The standard InChI is InChI=1S/C24H38O4/c1-23(2,21(25)26)16-9-5-7-12-19-14-11-15-20(18-19)13-8-6-10-17-24(3,4)22(27)28/h11,14-15,18H,5-10,12-13,16-17H2,1-4H3,(H,25,26)(H,27,28). The van der Waals surface area contributed by atoms with E-state index in [1.807, 2.05) is 0 Å². The van der Waals surface area contributed by atoms with Crippen molar-refractivity contribution >= 4 is 11.9 Å². The Hall–Kier alpha value is -1.84. The first-order valence-electron chi connectivity index (χ1n) is 10.6. The summed E-state index contributed by atoms with van der Waals surface area (Å²) < 4.78 is 0. The molecule has 2 N–H and O–H groups in total. The van der Waals surface area contributed by atoms with Gasteiger partial charge >= 0.3 is 11.9 Å². The van der Waals surface area contributed by atoms with Gasteiger partial charge in [0.2, 0.25) is 0 Å². The molecule has 4 heteroatoms. The number of carboxylic acid groups (broad SMARTS) is 2. The van der Waals surface area contributed by atoms with E-state index >= 15 is 0 Å². The van der Waals surface area contributed by atoms with Crippen molar-refractivity contribution in [2.24, 2.45) is 10.8 Å². The first kappa shape index (κ1) is 24.2. The second-order valence-corrected chi connectivity index (χ2v) is 9.32. The van der Waals surface area contributed by atoms with Crippen LogP contribution in [0.15, 0.2) is 24.3 Å². The Balaban J connectivity index is 2.27. The van der Waals surface area contributed by atoms with Gasteiger partial charge in [0.25, 0.3) is 0 Å². The largest absolute Gasteiger partial charge is 0.481 e. The number of aryl methyl sites for hydroxylation is 2. The van der Waals surface area contributed by atoms with Crippen LogP contribution in [0.25, 0.3) is 0 Å². The molecule has 0 aliphatic carbocycles. The topological polar surface area (TPSA) is 74.6 Å². The van der Waals surface area contributed by atoms with Crippen LogP contribution in [0.5, 0.6) is 0 Å². The van der Waals surface area contributed by atoms with E-state index in [0.717, 1.165) is 64.2 Å². The van der Waals surface area contributed by atoms with E-state index in [-0.39, 0.29) is 0 Å². The van der Waals surface area contributed by atoms with Crippen LogP contribution in [0.2, 0.25) is 0 Å². The second-order valence-electron chi connectivity index (χ2n) is 9.32. The van der Waals surface area contributed by atoms with Crippen molar-refractivity contribution in [3.8, 4) is 0 Å². The van der Waals surface area contributed by atoms with Gasteiger partial charge in [0.15, 0.2) is 0 Å². The number of benzene rings is 1. The van der Waals surface area contributed by atoms with Crippen LogP contribution < -0.4 is 0 Å². The maximum atomic E-state index is 11.1. The van der Waals surface area contributed by atoms with Gasteiger partial charge in [-0.25, -0.2) is 0 Å². The Morgan fingerprint density at radius 1 is 0.714 bits per heavy atom. The average molecular weight is 391 g/mol. The van der Waals surface area contributed by atoms with Crippen molar-refractivity contribution < 1.29 is 19.8 Å². The monoisotopic (exact) mass is 390 g/mol. The van der Waals surface area contributed by atoms with Gasteiger partial charge in [-0.1, -0.05) is 49.9 Å². The molecular formula is C24H38O4. The molecule has 1 aromatic carbocycles. The third-order valence-electron chi connectivity index (χ3n) is 5.68. The van der Waals surface area contributed by atoms with Crippen LogP contribution in [-0.2, 0) is 22.4 Å². The molecule has 0 fully saturated rings. The zero-order chi connectivity index (χ0) is 21.2. The van der Waals surface area contributed by atoms with Gasteiger partial charge in [-0.3, -0.25) is 9.59 Å². The smallest absolute Gasteiger partial charge is 0.309 e. The average Bonchev–Trinajstić information content (AvgIpc) is 2.61. The molecule has 0 aliphatic heterocycles. The molecule has 0 saturated heterocycles. The van der Waals surface area contributed by atoms with E-state index in [1.54, 1.807) is 27.7 Å². The highest BCUT2D eigenvalue weighted by Crippen LogP contribution is 2.25. The molecular weight excluding hydrogens is 352 g/mol. The van der Waals surface area contributed by atoms with Crippen LogP contribution in [0, 0.1) is 10.8 Å². The summed E-state index contributed by atoms with van der Waals surface area (Å²) in [7, 11) is 0. The lowest BCUT2D eigenvalue weighted by atomic mass is 9.87. The minimum Gasteiger partial charge on any atom is -0.481 e. The van der Waals surface area contributed by atoms with Crippen LogP contribution in [-0.4, -0.2) is 22.2 Å². The van der Waals surface area contributed by atoms with E-state index in [1.165, 1.54) is 11.1 Å². The Kier molecular flexibility index (Phi) is 9.71. The summed E-state index contributed by atoms with van der Waals surface area (Å²) in [5, 5.41) is 18.3. The van der Waals surface area contributed by atoms with E-state index in [9.17, 15) is 9.59 Å². The number of unbranched alkanes of at least 4 members (excludes halogenated alkanes) is 4. The SMILES string of the molecule is CC(C)(CCCCCc1cccc(CCCCCC(C)(C)C(=O)O)c1)C(=O)O. The molecule has 0 spiro atoms. The molecule has 0 aliphatic rings. The van der Waals surface area contributed by atoms with Gasteiger partial charge in [-0.05, 0) is 77.3 Å². The summed E-state index contributed by atoms with van der Waals surface area (Å²) in [6.45, 7) is 7.17. The number of rotatable bonds is 14. The molecule has 0 saturated carbocycles. The van der Waals surface area contributed by atoms with E-state index in [0.29, 0.717) is 0 Å². The summed E-state index contributed by atoms with van der Waals surface area (Å²) in [6, 6.07) is 8.73. The lowest BCUT2D eigenvalue weighted by Crippen LogP contribution is -2.23. The van der Waals surface area contributed by atoms with Crippen LogP contribution in [0.3, 0.4) is 0 Å². The molecule has 0 radical (unpaired) electrons. The molecule has 1 rings (SSSR count). The van der Waals surface area contributed by atoms with Crippen molar-refractivity contribution in [3.05, 3.63) is 35.4 Å². The maximum absolute atomic E-state index is 11.1. The zero-order valence-electron chi connectivity index (χ0n) is 18.1. The summed E-state index contributed by atoms with van der Waals surface area (Å²) >= 11 is 0. The first-order chi connectivity index (χ1) is 13.0. The lowest BCUT2D eigenvalue weighted by molar-refractivity contribution is -0.148. The fraction of sp³-hybridized carbons (Fsp3) is 0.667. The maximum Gasteiger partial charge on any atom is 0.309 e. The van der Waals surface area contributed by atoms with Gasteiger partial charge in [-0.15, -0.1) is 0 Å². The number of hydrogen-bond acceptors (Lipinski definition) is 2. The molecule has 158 valence electrons. The summed E-state index contributed by atoms with van der Waals surface area (Å²) in [4.78, 5) is 22.2. The Bertz CT molecular complexity index is 580. The molecule has 1 aromatic rings. The molecule has 0 heterocycles. The highest BCUT2D eigenvalue weighted by Gasteiger charge is 2.26. The van der Waals surface area contributed by atoms with Crippen molar-refractivity contribution in [3.63, 3.8) is 0 Å². The van der Waals surface area contributed by atoms with E-state index in [2.05, 4.69) is 24.3 Å². The normalized spacial score (nSPS) is 12.1. The Labute approximate surface area is 170 Å². The molecule has 0 amide bonds. The van der Waals surface area contributed by atoms with Crippen molar-refractivity contribution in [2.75, 3.05) is 0 Å². The van der Waals surface area contributed by atoms with Gasteiger partial charge < -0.3 is 10.2 Å². The number of carboxylic acids is 2. The van der Waals surface area contributed by atoms with E-state index < -0.39 is 22.8 Å². The predicted octanol–water partition coefficient (Wildman–Crippen LogP) is 6.11. The van der Waals surface area contributed by atoms with Gasteiger partial charge in [0.1, 0.15) is 0 Å². The third-order valence-corrected chi connectivity index (χ3v) is 5.68. The highest BCUT2D eigenvalue weighted by molar-refractivity contribution is 5.73. The lowest BCUT2D eigenvalue weighted by Gasteiger charge is -2.18. The van der Waals surface area contributed by atoms with Gasteiger partial charge in [0.05, 0.1) is 10.8 Å². The first-order valence-corrected chi connectivity index (χ1v) is 10.6. The predicted molar refractivity (Wildman–Crippen MR) is 114 cm³/mol. The van der Waals surface area contributed by atoms with E-state index in [4.69, 9.17) is 10.2 Å². The molecule has 0 atom stereocenters. The van der Waals surface area contributed by atoms with Crippen molar-refractivity contribution in [1.29, 1.82) is 0 Å². The van der Waals surface area contributed by atoms with Crippen molar-refractivity contribution in [1.82, 2.24) is 0 Å².